The predicted molar refractivity (Wildman–Crippen MR) is 70.4 cm³/mol. The first kappa shape index (κ1) is 13.1. The molecular formula is C14H22N2O2. The van der Waals surface area contributed by atoms with Crippen LogP contribution in [-0.2, 0) is 6.42 Å². The van der Waals surface area contributed by atoms with Gasteiger partial charge in [0.15, 0.2) is 0 Å². The first-order valence-electron chi connectivity index (χ1n) is 6.80. The number of hydrogen-bond acceptors (Lipinski definition) is 3. The number of amides is 1. The molecule has 1 aromatic rings. The van der Waals surface area contributed by atoms with Crippen molar-refractivity contribution in [3.63, 3.8) is 0 Å². The smallest absolute Gasteiger partial charge is 0.254 e. The molecule has 0 aromatic carbocycles. The van der Waals surface area contributed by atoms with Crippen LogP contribution in [0.15, 0.2) is 16.7 Å². The van der Waals surface area contributed by atoms with E-state index in [-0.39, 0.29) is 5.91 Å². The summed E-state index contributed by atoms with van der Waals surface area (Å²) in [5.41, 5.74) is 6.54. The van der Waals surface area contributed by atoms with Crippen LogP contribution in [0.3, 0.4) is 0 Å². The summed E-state index contributed by atoms with van der Waals surface area (Å²) in [4.78, 5) is 12.0. The fraction of sp³-hybridized carbons (Fsp3) is 0.643. The second-order valence-electron chi connectivity index (χ2n) is 5.10. The van der Waals surface area contributed by atoms with E-state index in [0.29, 0.717) is 17.5 Å². The van der Waals surface area contributed by atoms with Gasteiger partial charge in [-0.3, -0.25) is 4.79 Å². The third-order valence-electron chi connectivity index (χ3n) is 3.75. The molecule has 1 fully saturated rings. The average Bonchev–Trinajstić information content (AvgIpc) is 2.86. The molecule has 0 aliphatic heterocycles. The maximum Gasteiger partial charge on any atom is 0.254 e. The molecule has 1 amide bonds. The quantitative estimate of drug-likeness (QED) is 0.859. The SMILES string of the molecule is CCc1occc1C(=O)NCC1CCC(N)CC1. The first-order valence-corrected chi connectivity index (χ1v) is 6.80. The van der Waals surface area contributed by atoms with Crippen molar-refractivity contribution in [3.8, 4) is 0 Å². The summed E-state index contributed by atoms with van der Waals surface area (Å²) in [7, 11) is 0. The minimum absolute atomic E-state index is 0.0181. The molecule has 0 bridgehead atoms. The van der Waals surface area contributed by atoms with Gasteiger partial charge in [0.1, 0.15) is 5.76 Å². The van der Waals surface area contributed by atoms with Crippen LogP contribution >= 0.6 is 0 Å². The Morgan fingerprint density at radius 3 is 2.83 bits per heavy atom. The van der Waals surface area contributed by atoms with Gasteiger partial charge in [-0.25, -0.2) is 0 Å². The summed E-state index contributed by atoms with van der Waals surface area (Å²) >= 11 is 0. The summed E-state index contributed by atoms with van der Waals surface area (Å²) in [6, 6.07) is 2.10. The Balaban J connectivity index is 1.81. The van der Waals surface area contributed by atoms with E-state index in [4.69, 9.17) is 10.2 Å². The number of nitrogens with one attached hydrogen (secondary N) is 1. The Morgan fingerprint density at radius 1 is 1.44 bits per heavy atom. The van der Waals surface area contributed by atoms with Gasteiger partial charge in [-0.2, -0.15) is 0 Å². The first-order chi connectivity index (χ1) is 8.70. The monoisotopic (exact) mass is 250 g/mol. The molecule has 1 aromatic heterocycles. The van der Waals surface area contributed by atoms with Crippen LogP contribution in [0.4, 0.5) is 0 Å². The molecule has 0 atom stereocenters. The molecule has 1 aliphatic rings. The molecule has 18 heavy (non-hydrogen) atoms. The summed E-state index contributed by atoms with van der Waals surface area (Å²) in [5.74, 6) is 1.32. The zero-order valence-corrected chi connectivity index (χ0v) is 10.9. The number of nitrogens with two attached hydrogens (primary N) is 1. The summed E-state index contributed by atoms with van der Waals surface area (Å²) in [5, 5.41) is 3.00. The Hall–Kier alpha value is -1.29. The standard InChI is InChI=1S/C14H22N2O2/c1-2-13-12(7-8-18-13)14(17)16-9-10-3-5-11(15)6-4-10/h7-8,10-11H,2-6,9,15H2,1H3,(H,16,17). The molecule has 3 N–H and O–H groups in total. The van der Waals surface area contributed by atoms with Gasteiger partial charge in [-0.1, -0.05) is 6.92 Å². The van der Waals surface area contributed by atoms with E-state index < -0.39 is 0 Å². The van der Waals surface area contributed by atoms with E-state index in [1.807, 2.05) is 6.92 Å². The summed E-state index contributed by atoms with van der Waals surface area (Å²) in [6.07, 6.45) is 6.71. The number of carbonyl (C=O) groups excluding carboxylic acids is 1. The van der Waals surface area contributed by atoms with Crippen molar-refractivity contribution >= 4 is 5.91 Å². The van der Waals surface area contributed by atoms with Gasteiger partial charge in [-0.05, 0) is 37.7 Å². The van der Waals surface area contributed by atoms with E-state index in [9.17, 15) is 4.79 Å². The predicted octanol–water partition coefficient (Wildman–Crippen LogP) is 2.09. The van der Waals surface area contributed by atoms with Gasteiger partial charge < -0.3 is 15.5 Å². The van der Waals surface area contributed by atoms with E-state index in [1.54, 1.807) is 12.3 Å². The largest absolute Gasteiger partial charge is 0.469 e. The maximum absolute atomic E-state index is 12.0. The second-order valence-corrected chi connectivity index (χ2v) is 5.10. The maximum atomic E-state index is 12.0. The Bertz CT molecular complexity index is 392. The van der Waals surface area contributed by atoms with Gasteiger partial charge in [-0.15, -0.1) is 0 Å². The molecule has 4 nitrogen and oxygen atoms in total. The Kier molecular flexibility index (Phi) is 4.42. The summed E-state index contributed by atoms with van der Waals surface area (Å²) < 4.78 is 5.26. The lowest BCUT2D eigenvalue weighted by Gasteiger charge is -2.26. The van der Waals surface area contributed by atoms with Crippen LogP contribution in [0.2, 0.25) is 0 Å². The van der Waals surface area contributed by atoms with Crippen molar-refractivity contribution in [2.75, 3.05) is 6.54 Å². The zero-order chi connectivity index (χ0) is 13.0. The minimum atomic E-state index is -0.0181. The second kappa shape index (κ2) is 6.05. The van der Waals surface area contributed by atoms with Gasteiger partial charge in [0, 0.05) is 19.0 Å². The number of furan rings is 1. The molecule has 100 valence electrons. The molecule has 0 unspecified atom stereocenters. The van der Waals surface area contributed by atoms with Crippen LogP contribution < -0.4 is 11.1 Å². The number of aryl methyl sites for hydroxylation is 1. The third-order valence-corrected chi connectivity index (χ3v) is 3.75. The van der Waals surface area contributed by atoms with Crippen LogP contribution in [0.25, 0.3) is 0 Å². The van der Waals surface area contributed by atoms with Crippen molar-refractivity contribution in [2.45, 2.75) is 45.1 Å². The number of carbonyl (C=O) groups is 1. The van der Waals surface area contributed by atoms with E-state index >= 15 is 0 Å². The van der Waals surface area contributed by atoms with Crippen LogP contribution in [0, 0.1) is 5.92 Å². The zero-order valence-electron chi connectivity index (χ0n) is 10.9. The van der Waals surface area contributed by atoms with E-state index in [1.165, 1.54) is 0 Å². The molecule has 2 rings (SSSR count). The van der Waals surface area contributed by atoms with E-state index in [2.05, 4.69) is 5.32 Å². The molecule has 0 radical (unpaired) electrons. The lowest BCUT2D eigenvalue weighted by molar-refractivity contribution is 0.0941. The van der Waals surface area contributed by atoms with Gasteiger partial charge in [0.2, 0.25) is 0 Å². The molecule has 0 saturated heterocycles. The lowest BCUT2D eigenvalue weighted by atomic mass is 9.86. The average molecular weight is 250 g/mol. The third kappa shape index (κ3) is 3.13. The van der Waals surface area contributed by atoms with Gasteiger partial charge in [0.05, 0.1) is 11.8 Å². The number of rotatable bonds is 4. The fourth-order valence-electron chi connectivity index (χ4n) is 2.54. The minimum Gasteiger partial charge on any atom is -0.469 e. The van der Waals surface area contributed by atoms with Crippen molar-refractivity contribution in [1.82, 2.24) is 5.32 Å². The van der Waals surface area contributed by atoms with Gasteiger partial charge in [0.25, 0.3) is 5.91 Å². The fourth-order valence-corrected chi connectivity index (χ4v) is 2.54. The van der Waals surface area contributed by atoms with Crippen LogP contribution in [0.1, 0.15) is 48.7 Å². The Morgan fingerprint density at radius 2 is 2.17 bits per heavy atom. The molecular weight excluding hydrogens is 228 g/mol. The van der Waals surface area contributed by atoms with Gasteiger partial charge >= 0.3 is 0 Å². The molecule has 1 heterocycles. The highest BCUT2D eigenvalue weighted by atomic mass is 16.3. The van der Waals surface area contributed by atoms with Crippen LogP contribution in [-0.4, -0.2) is 18.5 Å². The topological polar surface area (TPSA) is 68.3 Å². The Labute approximate surface area is 108 Å². The lowest BCUT2D eigenvalue weighted by Crippen LogP contribution is -2.34. The molecule has 0 spiro atoms. The molecule has 4 heteroatoms. The molecule has 1 saturated carbocycles. The van der Waals surface area contributed by atoms with E-state index in [0.717, 1.165) is 44.4 Å². The number of hydrogen-bond donors (Lipinski definition) is 2. The van der Waals surface area contributed by atoms with Crippen molar-refractivity contribution in [1.29, 1.82) is 0 Å². The highest BCUT2D eigenvalue weighted by Crippen LogP contribution is 2.22. The normalized spacial score (nSPS) is 23.9. The van der Waals surface area contributed by atoms with Crippen molar-refractivity contribution in [2.24, 2.45) is 11.7 Å². The summed E-state index contributed by atoms with van der Waals surface area (Å²) in [6.45, 7) is 2.73. The highest BCUT2D eigenvalue weighted by molar-refractivity contribution is 5.95. The van der Waals surface area contributed by atoms with Crippen molar-refractivity contribution < 1.29 is 9.21 Å². The van der Waals surface area contributed by atoms with Crippen molar-refractivity contribution in [3.05, 3.63) is 23.7 Å². The van der Waals surface area contributed by atoms with Crippen LogP contribution in [0.5, 0.6) is 0 Å². The highest BCUT2D eigenvalue weighted by Gasteiger charge is 2.20. The molecule has 1 aliphatic carbocycles.